The highest BCUT2D eigenvalue weighted by Gasteiger charge is 2.36. The fourth-order valence-corrected chi connectivity index (χ4v) is 3.10. The molecule has 1 fully saturated rings. The monoisotopic (exact) mass is 274 g/mol. The summed E-state index contributed by atoms with van der Waals surface area (Å²) < 4.78 is 5.71. The van der Waals surface area contributed by atoms with Crippen LogP contribution in [0.4, 0.5) is 11.7 Å². The van der Waals surface area contributed by atoms with Crippen LogP contribution in [0, 0.1) is 0 Å². The van der Waals surface area contributed by atoms with E-state index in [4.69, 9.17) is 10.2 Å². The Balaban J connectivity index is 1.78. The summed E-state index contributed by atoms with van der Waals surface area (Å²) >= 11 is 0. The summed E-state index contributed by atoms with van der Waals surface area (Å²) in [6.07, 6.45) is 5.02. The van der Waals surface area contributed by atoms with Crippen LogP contribution in [0.2, 0.25) is 0 Å². The fourth-order valence-electron chi connectivity index (χ4n) is 3.10. The standard InChI is InChI=1S/C15H22N4O/c1-19(2)15(8-3-4-9-15)10-17-14-18-13-11(16)6-5-7-12(13)20-14/h5-7H,3-4,8-10,16H2,1-2H3,(H,17,18). The van der Waals surface area contributed by atoms with Gasteiger partial charge in [-0.3, -0.25) is 0 Å². The summed E-state index contributed by atoms with van der Waals surface area (Å²) in [5.74, 6) is 0. The molecule has 1 aliphatic rings. The van der Waals surface area contributed by atoms with Crippen LogP contribution in [0.1, 0.15) is 25.7 Å². The first kappa shape index (κ1) is 13.2. The maximum Gasteiger partial charge on any atom is 0.295 e. The van der Waals surface area contributed by atoms with Crippen molar-refractivity contribution in [3.63, 3.8) is 0 Å². The molecule has 5 nitrogen and oxygen atoms in total. The first-order valence-electron chi connectivity index (χ1n) is 7.17. The van der Waals surface area contributed by atoms with Gasteiger partial charge in [0.2, 0.25) is 0 Å². The largest absolute Gasteiger partial charge is 0.423 e. The van der Waals surface area contributed by atoms with Gasteiger partial charge in [0.25, 0.3) is 6.01 Å². The molecule has 3 rings (SSSR count). The van der Waals surface area contributed by atoms with Crippen LogP contribution in [0.15, 0.2) is 22.6 Å². The molecule has 1 saturated carbocycles. The molecular weight excluding hydrogens is 252 g/mol. The van der Waals surface area contributed by atoms with Gasteiger partial charge in [-0.2, -0.15) is 4.98 Å². The normalized spacial score (nSPS) is 17.9. The van der Waals surface area contributed by atoms with Gasteiger partial charge in [0, 0.05) is 12.1 Å². The molecule has 0 atom stereocenters. The number of likely N-dealkylation sites (N-methyl/N-ethyl adjacent to an activating group) is 1. The minimum atomic E-state index is 0.214. The van der Waals surface area contributed by atoms with Gasteiger partial charge in [-0.1, -0.05) is 18.9 Å². The smallest absolute Gasteiger partial charge is 0.295 e. The lowest BCUT2D eigenvalue weighted by Gasteiger charge is -2.36. The number of aromatic nitrogens is 1. The second kappa shape index (κ2) is 4.98. The summed E-state index contributed by atoms with van der Waals surface area (Å²) in [7, 11) is 4.30. The SMILES string of the molecule is CN(C)C1(CNc2nc3c(N)cccc3o2)CCCC1. The van der Waals surface area contributed by atoms with E-state index in [1.807, 2.05) is 18.2 Å². The Bertz CT molecular complexity index is 599. The van der Waals surface area contributed by atoms with E-state index in [2.05, 4.69) is 29.3 Å². The number of fused-ring (bicyclic) bond motifs is 1. The quantitative estimate of drug-likeness (QED) is 0.839. The summed E-state index contributed by atoms with van der Waals surface area (Å²) in [6.45, 7) is 0.854. The topological polar surface area (TPSA) is 67.3 Å². The van der Waals surface area contributed by atoms with Crippen molar-refractivity contribution in [3.05, 3.63) is 18.2 Å². The zero-order valence-electron chi connectivity index (χ0n) is 12.1. The number of rotatable bonds is 4. The molecule has 108 valence electrons. The van der Waals surface area contributed by atoms with Crippen LogP contribution in [0.25, 0.3) is 11.1 Å². The molecule has 0 unspecified atom stereocenters. The number of benzene rings is 1. The Morgan fingerprint density at radius 3 is 2.75 bits per heavy atom. The van der Waals surface area contributed by atoms with Gasteiger partial charge in [0.15, 0.2) is 5.58 Å². The second-order valence-corrected chi connectivity index (χ2v) is 5.89. The molecule has 0 aliphatic heterocycles. The van der Waals surface area contributed by atoms with Crippen molar-refractivity contribution in [2.45, 2.75) is 31.2 Å². The van der Waals surface area contributed by atoms with E-state index in [-0.39, 0.29) is 5.54 Å². The van der Waals surface area contributed by atoms with Crippen LogP contribution in [0.3, 0.4) is 0 Å². The molecule has 0 amide bonds. The Morgan fingerprint density at radius 2 is 2.10 bits per heavy atom. The van der Waals surface area contributed by atoms with Crippen LogP contribution in [-0.2, 0) is 0 Å². The molecule has 5 heteroatoms. The van der Waals surface area contributed by atoms with Crippen LogP contribution < -0.4 is 11.1 Å². The van der Waals surface area contributed by atoms with Gasteiger partial charge in [-0.25, -0.2) is 0 Å². The van der Waals surface area contributed by atoms with E-state index in [9.17, 15) is 0 Å². The second-order valence-electron chi connectivity index (χ2n) is 5.89. The maximum atomic E-state index is 5.90. The lowest BCUT2D eigenvalue weighted by atomic mass is 9.96. The molecule has 20 heavy (non-hydrogen) atoms. The maximum absolute atomic E-state index is 5.90. The van der Waals surface area contributed by atoms with Crippen molar-refractivity contribution in [2.75, 3.05) is 31.7 Å². The van der Waals surface area contributed by atoms with Gasteiger partial charge >= 0.3 is 0 Å². The molecule has 1 aromatic heterocycles. The Kier molecular flexibility index (Phi) is 3.30. The van der Waals surface area contributed by atoms with Gasteiger partial charge < -0.3 is 20.4 Å². The minimum absolute atomic E-state index is 0.214. The zero-order chi connectivity index (χ0) is 14.2. The molecule has 0 saturated heterocycles. The number of nitrogens with one attached hydrogen (secondary N) is 1. The van der Waals surface area contributed by atoms with E-state index in [0.717, 1.165) is 17.6 Å². The number of hydrogen-bond acceptors (Lipinski definition) is 5. The summed E-state index contributed by atoms with van der Waals surface area (Å²) in [5, 5.41) is 3.35. The minimum Gasteiger partial charge on any atom is -0.423 e. The van der Waals surface area contributed by atoms with Crippen LogP contribution in [-0.4, -0.2) is 36.1 Å². The van der Waals surface area contributed by atoms with Crippen molar-refractivity contribution in [2.24, 2.45) is 0 Å². The van der Waals surface area contributed by atoms with Crippen molar-refractivity contribution in [1.29, 1.82) is 0 Å². The van der Waals surface area contributed by atoms with E-state index in [0.29, 0.717) is 11.7 Å². The number of oxazole rings is 1. The van der Waals surface area contributed by atoms with Crippen molar-refractivity contribution in [1.82, 2.24) is 9.88 Å². The third-order valence-corrected chi connectivity index (χ3v) is 4.50. The van der Waals surface area contributed by atoms with Gasteiger partial charge in [0.1, 0.15) is 5.52 Å². The van der Waals surface area contributed by atoms with Gasteiger partial charge in [-0.15, -0.1) is 0 Å². The van der Waals surface area contributed by atoms with E-state index in [1.54, 1.807) is 0 Å². The lowest BCUT2D eigenvalue weighted by Crippen LogP contribution is -2.47. The number of anilines is 2. The highest BCUT2D eigenvalue weighted by molar-refractivity contribution is 5.86. The van der Waals surface area contributed by atoms with E-state index >= 15 is 0 Å². The molecule has 1 heterocycles. The number of nitrogens with zero attached hydrogens (tertiary/aromatic N) is 2. The lowest BCUT2D eigenvalue weighted by molar-refractivity contribution is 0.171. The molecule has 0 spiro atoms. The van der Waals surface area contributed by atoms with Gasteiger partial charge in [0.05, 0.1) is 5.69 Å². The molecule has 2 aromatic rings. The predicted octanol–water partition coefficient (Wildman–Crippen LogP) is 2.70. The van der Waals surface area contributed by atoms with Crippen molar-refractivity contribution < 1.29 is 4.42 Å². The third kappa shape index (κ3) is 2.22. The zero-order valence-corrected chi connectivity index (χ0v) is 12.1. The van der Waals surface area contributed by atoms with Crippen LogP contribution >= 0.6 is 0 Å². The van der Waals surface area contributed by atoms with Crippen molar-refractivity contribution in [3.8, 4) is 0 Å². The summed E-state index contributed by atoms with van der Waals surface area (Å²) in [4.78, 5) is 6.77. The number of hydrogen-bond donors (Lipinski definition) is 2. The number of nitrogens with two attached hydrogens (primary N) is 1. The first-order chi connectivity index (χ1) is 9.61. The average Bonchev–Trinajstić information content (AvgIpc) is 3.04. The Labute approximate surface area is 119 Å². The highest BCUT2D eigenvalue weighted by Crippen LogP contribution is 2.34. The molecule has 1 aromatic carbocycles. The Hall–Kier alpha value is -1.75. The van der Waals surface area contributed by atoms with E-state index in [1.165, 1.54) is 25.7 Å². The third-order valence-electron chi connectivity index (χ3n) is 4.50. The molecule has 1 aliphatic carbocycles. The Morgan fingerprint density at radius 1 is 1.35 bits per heavy atom. The average molecular weight is 274 g/mol. The van der Waals surface area contributed by atoms with E-state index < -0.39 is 0 Å². The van der Waals surface area contributed by atoms with Crippen molar-refractivity contribution >= 4 is 22.8 Å². The first-order valence-corrected chi connectivity index (χ1v) is 7.17. The number of para-hydroxylation sites is 1. The highest BCUT2D eigenvalue weighted by atomic mass is 16.4. The summed E-state index contributed by atoms with van der Waals surface area (Å²) in [5.41, 5.74) is 8.24. The molecular formula is C15H22N4O. The summed E-state index contributed by atoms with van der Waals surface area (Å²) in [6, 6.07) is 6.17. The molecule has 3 N–H and O–H groups in total. The number of nitrogen functional groups attached to an aromatic ring is 1. The predicted molar refractivity (Wildman–Crippen MR) is 81.8 cm³/mol. The molecule has 0 bridgehead atoms. The molecule has 0 radical (unpaired) electrons. The van der Waals surface area contributed by atoms with Gasteiger partial charge in [-0.05, 0) is 39.1 Å². The fraction of sp³-hybridized carbons (Fsp3) is 0.533. The van der Waals surface area contributed by atoms with Crippen LogP contribution in [0.5, 0.6) is 0 Å².